The van der Waals surface area contributed by atoms with Crippen molar-refractivity contribution < 1.29 is 13.6 Å². The van der Waals surface area contributed by atoms with E-state index in [0.29, 0.717) is 5.56 Å². The number of benzene rings is 2. The number of nitrogens with one attached hydrogen (secondary N) is 1. The standard InChI is InChI=1S/C15H10BrF2N5O/c16-10-3-1-2-9(6-10)15(24)19-8-14-20-21-22-23(14)11-4-5-12(17)13(18)7-11/h1-7H,8H2,(H,19,24). The van der Waals surface area contributed by atoms with E-state index in [-0.39, 0.29) is 24.0 Å². The summed E-state index contributed by atoms with van der Waals surface area (Å²) in [7, 11) is 0. The van der Waals surface area contributed by atoms with Gasteiger partial charge in [0, 0.05) is 16.1 Å². The second-order valence-corrected chi connectivity index (χ2v) is 5.71. The molecule has 2 aromatic carbocycles. The van der Waals surface area contributed by atoms with Crippen LogP contribution in [-0.4, -0.2) is 26.1 Å². The van der Waals surface area contributed by atoms with Crippen LogP contribution in [0.3, 0.4) is 0 Å². The fourth-order valence-corrected chi connectivity index (χ4v) is 2.42. The number of carbonyl (C=O) groups excluding carboxylic acids is 1. The third-order valence-corrected chi connectivity index (χ3v) is 3.67. The van der Waals surface area contributed by atoms with Crippen molar-refractivity contribution in [3.05, 3.63) is 70.0 Å². The van der Waals surface area contributed by atoms with Crippen molar-refractivity contribution in [2.75, 3.05) is 0 Å². The number of tetrazole rings is 1. The van der Waals surface area contributed by atoms with Crippen LogP contribution < -0.4 is 5.32 Å². The summed E-state index contributed by atoms with van der Waals surface area (Å²) in [5.41, 5.74) is 0.724. The highest BCUT2D eigenvalue weighted by Crippen LogP contribution is 2.14. The first-order chi connectivity index (χ1) is 11.5. The number of hydrogen-bond acceptors (Lipinski definition) is 4. The number of halogens is 3. The van der Waals surface area contributed by atoms with Gasteiger partial charge in [-0.3, -0.25) is 4.79 Å². The minimum atomic E-state index is -1.01. The van der Waals surface area contributed by atoms with Crippen LogP contribution in [0.15, 0.2) is 46.9 Å². The predicted octanol–water partition coefficient (Wildman–Crippen LogP) is 2.63. The van der Waals surface area contributed by atoms with Gasteiger partial charge in [-0.2, -0.15) is 4.68 Å². The van der Waals surface area contributed by atoms with Gasteiger partial charge in [-0.25, -0.2) is 8.78 Å². The Bertz CT molecular complexity index is 899. The Balaban J connectivity index is 1.76. The highest BCUT2D eigenvalue weighted by atomic mass is 79.9. The number of rotatable bonds is 4. The average Bonchev–Trinajstić information content (AvgIpc) is 3.03. The van der Waals surface area contributed by atoms with Crippen molar-refractivity contribution in [2.45, 2.75) is 6.54 Å². The van der Waals surface area contributed by atoms with E-state index < -0.39 is 11.6 Å². The van der Waals surface area contributed by atoms with Crippen molar-refractivity contribution in [1.82, 2.24) is 25.5 Å². The molecule has 3 aromatic rings. The smallest absolute Gasteiger partial charge is 0.251 e. The Labute approximate surface area is 143 Å². The molecule has 0 spiro atoms. The van der Waals surface area contributed by atoms with E-state index in [9.17, 15) is 13.6 Å². The van der Waals surface area contributed by atoms with Gasteiger partial charge < -0.3 is 5.32 Å². The minimum absolute atomic E-state index is 0.0251. The molecule has 0 bridgehead atoms. The maximum absolute atomic E-state index is 13.3. The third-order valence-electron chi connectivity index (χ3n) is 3.18. The molecule has 122 valence electrons. The molecule has 0 saturated carbocycles. The van der Waals surface area contributed by atoms with Crippen LogP contribution in [-0.2, 0) is 6.54 Å². The molecule has 0 radical (unpaired) electrons. The van der Waals surface area contributed by atoms with Gasteiger partial charge in [-0.15, -0.1) is 5.10 Å². The molecule has 0 fully saturated rings. The summed E-state index contributed by atoms with van der Waals surface area (Å²) < 4.78 is 28.4. The number of nitrogens with zero attached hydrogens (tertiary/aromatic N) is 4. The molecular weight excluding hydrogens is 384 g/mol. The molecule has 3 rings (SSSR count). The first kappa shape index (κ1) is 16.2. The predicted molar refractivity (Wildman–Crippen MR) is 84.4 cm³/mol. The third kappa shape index (κ3) is 3.46. The highest BCUT2D eigenvalue weighted by Gasteiger charge is 2.13. The van der Waals surface area contributed by atoms with Gasteiger partial charge in [-0.1, -0.05) is 22.0 Å². The highest BCUT2D eigenvalue weighted by molar-refractivity contribution is 9.10. The fourth-order valence-electron chi connectivity index (χ4n) is 2.02. The van der Waals surface area contributed by atoms with Crippen LogP contribution in [0.5, 0.6) is 0 Å². The number of hydrogen-bond donors (Lipinski definition) is 1. The lowest BCUT2D eigenvalue weighted by molar-refractivity contribution is 0.0949. The first-order valence-corrected chi connectivity index (χ1v) is 7.60. The molecule has 0 aliphatic carbocycles. The molecule has 0 unspecified atom stereocenters. The van der Waals surface area contributed by atoms with Crippen molar-refractivity contribution in [3.63, 3.8) is 0 Å². The molecule has 6 nitrogen and oxygen atoms in total. The van der Waals surface area contributed by atoms with Gasteiger partial charge in [-0.05, 0) is 40.8 Å². The fraction of sp³-hybridized carbons (Fsp3) is 0.0667. The zero-order chi connectivity index (χ0) is 17.1. The Kier molecular flexibility index (Phi) is 4.61. The quantitative estimate of drug-likeness (QED) is 0.739. The van der Waals surface area contributed by atoms with E-state index in [1.54, 1.807) is 24.3 Å². The second-order valence-electron chi connectivity index (χ2n) is 4.80. The van der Waals surface area contributed by atoms with Crippen molar-refractivity contribution in [1.29, 1.82) is 0 Å². The molecule has 1 aromatic heterocycles. The monoisotopic (exact) mass is 393 g/mol. The van der Waals surface area contributed by atoms with E-state index in [0.717, 1.165) is 16.6 Å². The van der Waals surface area contributed by atoms with Crippen molar-refractivity contribution >= 4 is 21.8 Å². The zero-order valence-electron chi connectivity index (χ0n) is 12.1. The number of carbonyl (C=O) groups is 1. The van der Waals surface area contributed by atoms with Crippen molar-refractivity contribution in [2.24, 2.45) is 0 Å². The maximum atomic E-state index is 13.3. The van der Waals surface area contributed by atoms with E-state index in [1.807, 2.05) is 0 Å². The summed E-state index contributed by atoms with van der Waals surface area (Å²) in [4.78, 5) is 12.1. The lowest BCUT2D eigenvalue weighted by Gasteiger charge is -2.07. The summed E-state index contributed by atoms with van der Waals surface area (Å²) in [6.07, 6.45) is 0. The summed E-state index contributed by atoms with van der Waals surface area (Å²) in [6.45, 7) is 0.0251. The zero-order valence-corrected chi connectivity index (χ0v) is 13.7. The summed E-state index contributed by atoms with van der Waals surface area (Å²) in [5.74, 6) is -2.00. The first-order valence-electron chi connectivity index (χ1n) is 6.81. The van der Waals surface area contributed by atoms with Crippen LogP contribution in [0.1, 0.15) is 16.2 Å². The molecule has 1 N–H and O–H groups in total. The minimum Gasteiger partial charge on any atom is -0.345 e. The number of amides is 1. The van der Waals surface area contributed by atoms with Crippen LogP contribution in [0, 0.1) is 11.6 Å². The molecule has 0 atom stereocenters. The molecule has 9 heteroatoms. The lowest BCUT2D eigenvalue weighted by Crippen LogP contribution is -2.24. The van der Waals surface area contributed by atoms with Gasteiger partial charge >= 0.3 is 0 Å². The van der Waals surface area contributed by atoms with Crippen LogP contribution in [0.2, 0.25) is 0 Å². The molecule has 0 aliphatic heterocycles. The van der Waals surface area contributed by atoms with E-state index in [4.69, 9.17) is 0 Å². The van der Waals surface area contributed by atoms with Gasteiger partial charge in [0.25, 0.3) is 5.91 Å². The summed E-state index contributed by atoms with van der Waals surface area (Å²) >= 11 is 3.29. The second kappa shape index (κ2) is 6.83. The average molecular weight is 394 g/mol. The maximum Gasteiger partial charge on any atom is 0.251 e. The van der Waals surface area contributed by atoms with Crippen LogP contribution >= 0.6 is 15.9 Å². The lowest BCUT2D eigenvalue weighted by atomic mass is 10.2. The SMILES string of the molecule is O=C(NCc1nnnn1-c1ccc(F)c(F)c1)c1cccc(Br)c1. The van der Waals surface area contributed by atoms with E-state index in [2.05, 4.69) is 36.8 Å². The summed E-state index contributed by atoms with van der Waals surface area (Å²) in [6, 6.07) is 10.2. The van der Waals surface area contributed by atoms with Gasteiger partial charge in [0.05, 0.1) is 12.2 Å². The Hall–Kier alpha value is -2.68. The topological polar surface area (TPSA) is 72.7 Å². The Morgan fingerprint density at radius 1 is 1.17 bits per heavy atom. The molecule has 1 heterocycles. The van der Waals surface area contributed by atoms with Gasteiger partial charge in [0.15, 0.2) is 17.5 Å². The molecule has 1 amide bonds. The van der Waals surface area contributed by atoms with Gasteiger partial charge in [0.2, 0.25) is 0 Å². The molecular formula is C15H10BrF2N5O. The number of aromatic nitrogens is 4. The Morgan fingerprint density at radius 2 is 2.00 bits per heavy atom. The molecule has 0 aliphatic rings. The van der Waals surface area contributed by atoms with Crippen LogP contribution in [0.4, 0.5) is 8.78 Å². The largest absolute Gasteiger partial charge is 0.345 e. The van der Waals surface area contributed by atoms with Crippen LogP contribution in [0.25, 0.3) is 5.69 Å². The summed E-state index contributed by atoms with van der Waals surface area (Å²) in [5, 5.41) is 13.7. The van der Waals surface area contributed by atoms with Crippen molar-refractivity contribution in [3.8, 4) is 5.69 Å². The Morgan fingerprint density at radius 3 is 2.75 bits per heavy atom. The molecule has 0 saturated heterocycles. The van der Waals surface area contributed by atoms with E-state index in [1.165, 1.54) is 10.7 Å². The molecule has 24 heavy (non-hydrogen) atoms. The normalized spacial score (nSPS) is 10.6. The van der Waals surface area contributed by atoms with E-state index >= 15 is 0 Å². The van der Waals surface area contributed by atoms with Gasteiger partial charge in [0.1, 0.15) is 0 Å².